The van der Waals surface area contributed by atoms with Crippen molar-refractivity contribution in [3.63, 3.8) is 0 Å². The van der Waals surface area contributed by atoms with E-state index in [4.69, 9.17) is 5.73 Å². The normalized spacial score (nSPS) is 36.4. The topological polar surface area (TPSA) is 46.2 Å². The molecule has 0 aliphatic heterocycles. The van der Waals surface area contributed by atoms with Crippen LogP contribution in [0.5, 0.6) is 0 Å². The Morgan fingerprint density at radius 1 is 1.16 bits per heavy atom. The summed E-state index contributed by atoms with van der Waals surface area (Å²) in [5.41, 5.74) is 7.93. The molecule has 1 fully saturated rings. The zero-order valence-corrected chi connectivity index (χ0v) is 12.1. The zero-order chi connectivity index (χ0) is 13.7. The lowest BCUT2D eigenvalue weighted by molar-refractivity contribution is -0.106. The molecular weight excluding hydrogens is 234 g/mol. The minimum absolute atomic E-state index is 0.0518. The van der Waals surface area contributed by atoms with Gasteiger partial charge in [-0.05, 0) is 48.6 Å². The van der Waals surface area contributed by atoms with E-state index in [0.717, 1.165) is 32.1 Å². The Hall–Kier alpha value is -0.860. The second kappa shape index (κ2) is 4.07. The molecular formula is C17H25NO. The average molecular weight is 259 g/mol. The van der Waals surface area contributed by atoms with Gasteiger partial charge in [-0.1, -0.05) is 38.1 Å². The maximum Gasteiger partial charge on any atom is 0.0806 e. The predicted octanol–water partition coefficient (Wildman–Crippen LogP) is 2.77. The molecule has 2 heteroatoms. The van der Waals surface area contributed by atoms with Gasteiger partial charge in [-0.3, -0.25) is 0 Å². The van der Waals surface area contributed by atoms with Crippen LogP contribution in [0, 0.1) is 5.41 Å². The van der Waals surface area contributed by atoms with Crippen LogP contribution in [0.2, 0.25) is 0 Å². The Kier molecular flexibility index (Phi) is 2.81. The van der Waals surface area contributed by atoms with Gasteiger partial charge in [0.25, 0.3) is 0 Å². The average Bonchev–Trinajstić information content (AvgIpc) is 2.90. The van der Waals surface area contributed by atoms with Gasteiger partial charge < -0.3 is 10.8 Å². The zero-order valence-electron chi connectivity index (χ0n) is 12.1. The molecule has 3 N–H and O–H groups in total. The van der Waals surface area contributed by atoms with Crippen molar-refractivity contribution in [1.82, 2.24) is 0 Å². The molecule has 2 aliphatic rings. The maximum atomic E-state index is 11.5. The highest BCUT2D eigenvalue weighted by Gasteiger charge is 2.62. The minimum Gasteiger partial charge on any atom is -0.388 e. The summed E-state index contributed by atoms with van der Waals surface area (Å²) >= 11 is 0. The fourth-order valence-electron chi connectivity index (χ4n) is 4.72. The third-order valence-electron chi connectivity index (χ3n) is 5.95. The monoisotopic (exact) mass is 259 g/mol. The van der Waals surface area contributed by atoms with Crippen LogP contribution in [0.3, 0.4) is 0 Å². The van der Waals surface area contributed by atoms with E-state index in [1.807, 2.05) is 0 Å². The fourth-order valence-corrected chi connectivity index (χ4v) is 4.72. The van der Waals surface area contributed by atoms with E-state index in [0.29, 0.717) is 6.54 Å². The smallest absolute Gasteiger partial charge is 0.0806 e. The lowest BCUT2D eigenvalue weighted by Crippen LogP contribution is -2.60. The third kappa shape index (κ3) is 1.50. The van der Waals surface area contributed by atoms with Crippen molar-refractivity contribution in [1.29, 1.82) is 0 Å². The van der Waals surface area contributed by atoms with Gasteiger partial charge in [0.05, 0.1) is 5.60 Å². The van der Waals surface area contributed by atoms with Crippen LogP contribution in [-0.4, -0.2) is 17.3 Å². The van der Waals surface area contributed by atoms with Crippen molar-refractivity contribution >= 4 is 0 Å². The van der Waals surface area contributed by atoms with Crippen LogP contribution in [0.25, 0.3) is 0 Å². The molecule has 0 bridgehead atoms. The molecule has 1 aromatic rings. The Balaban J connectivity index is 2.17. The van der Waals surface area contributed by atoms with E-state index in [9.17, 15) is 5.11 Å². The summed E-state index contributed by atoms with van der Waals surface area (Å²) in [6.45, 7) is 4.96. The highest BCUT2D eigenvalue weighted by atomic mass is 16.3. The van der Waals surface area contributed by atoms with E-state index in [1.165, 1.54) is 11.1 Å². The second-order valence-corrected chi connectivity index (χ2v) is 7.04. The summed E-state index contributed by atoms with van der Waals surface area (Å²) in [4.78, 5) is 0. The van der Waals surface area contributed by atoms with E-state index in [1.54, 1.807) is 0 Å². The van der Waals surface area contributed by atoms with Gasteiger partial charge in [-0.25, -0.2) is 0 Å². The van der Waals surface area contributed by atoms with Crippen LogP contribution >= 0.6 is 0 Å². The summed E-state index contributed by atoms with van der Waals surface area (Å²) in [5, 5.41) is 11.5. The van der Waals surface area contributed by atoms with Crippen LogP contribution in [0.1, 0.15) is 50.7 Å². The summed E-state index contributed by atoms with van der Waals surface area (Å²) in [5.74, 6) is 0. The first-order valence-electron chi connectivity index (χ1n) is 7.48. The number of nitrogens with two attached hydrogens (primary N) is 1. The standard InChI is InChI=1S/C17H25NO/c1-15(2)9-5-10-17(15,19)16(12-18)11-8-13-6-3-4-7-14(13)16/h3-4,6-7,19H,5,8-12,18H2,1-2H3. The van der Waals surface area contributed by atoms with Gasteiger partial charge in [0, 0.05) is 12.0 Å². The first kappa shape index (κ1) is 13.1. The number of hydrogen-bond acceptors (Lipinski definition) is 2. The Morgan fingerprint density at radius 2 is 1.89 bits per heavy atom. The predicted molar refractivity (Wildman–Crippen MR) is 78.1 cm³/mol. The summed E-state index contributed by atoms with van der Waals surface area (Å²) in [7, 11) is 0. The number of aryl methyl sites for hydroxylation is 1. The van der Waals surface area contributed by atoms with E-state index in [-0.39, 0.29) is 10.8 Å². The number of aliphatic hydroxyl groups is 1. The number of rotatable bonds is 2. The molecule has 104 valence electrons. The second-order valence-electron chi connectivity index (χ2n) is 7.04. The molecule has 2 nitrogen and oxygen atoms in total. The van der Waals surface area contributed by atoms with Crippen molar-refractivity contribution in [3.8, 4) is 0 Å². The molecule has 0 aromatic heterocycles. The number of benzene rings is 1. The van der Waals surface area contributed by atoms with Gasteiger partial charge in [-0.15, -0.1) is 0 Å². The molecule has 0 heterocycles. The van der Waals surface area contributed by atoms with Gasteiger partial charge in [0.15, 0.2) is 0 Å². The van der Waals surface area contributed by atoms with Crippen molar-refractivity contribution in [2.24, 2.45) is 11.1 Å². The SMILES string of the molecule is CC1(C)CCCC1(O)C1(CN)CCc2ccccc21. The summed E-state index contributed by atoms with van der Waals surface area (Å²) < 4.78 is 0. The number of fused-ring (bicyclic) bond motifs is 1. The van der Waals surface area contributed by atoms with Crippen LogP contribution in [0.15, 0.2) is 24.3 Å². The Bertz CT molecular complexity index is 496. The molecule has 2 atom stereocenters. The molecule has 2 aliphatic carbocycles. The first-order valence-corrected chi connectivity index (χ1v) is 7.48. The van der Waals surface area contributed by atoms with Crippen LogP contribution in [-0.2, 0) is 11.8 Å². The first-order chi connectivity index (χ1) is 8.97. The van der Waals surface area contributed by atoms with Crippen molar-refractivity contribution < 1.29 is 5.11 Å². The molecule has 0 saturated heterocycles. The molecule has 1 saturated carbocycles. The molecule has 1 aromatic carbocycles. The number of hydrogen-bond donors (Lipinski definition) is 2. The van der Waals surface area contributed by atoms with Gasteiger partial charge in [0.1, 0.15) is 0 Å². The van der Waals surface area contributed by atoms with Crippen LogP contribution in [0.4, 0.5) is 0 Å². The quantitative estimate of drug-likeness (QED) is 0.858. The highest BCUT2D eigenvalue weighted by molar-refractivity contribution is 5.44. The summed E-state index contributed by atoms with van der Waals surface area (Å²) in [6.07, 6.45) is 5.11. The van der Waals surface area contributed by atoms with Gasteiger partial charge in [-0.2, -0.15) is 0 Å². The Morgan fingerprint density at radius 3 is 2.53 bits per heavy atom. The van der Waals surface area contributed by atoms with Crippen LogP contribution < -0.4 is 5.73 Å². The Labute approximate surface area is 116 Å². The molecule has 2 unspecified atom stereocenters. The fraction of sp³-hybridized carbons (Fsp3) is 0.647. The maximum absolute atomic E-state index is 11.5. The summed E-state index contributed by atoms with van der Waals surface area (Å²) in [6, 6.07) is 8.55. The molecule has 3 rings (SSSR count). The third-order valence-corrected chi connectivity index (χ3v) is 5.95. The van der Waals surface area contributed by atoms with Crippen molar-refractivity contribution in [3.05, 3.63) is 35.4 Å². The van der Waals surface area contributed by atoms with Gasteiger partial charge >= 0.3 is 0 Å². The largest absolute Gasteiger partial charge is 0.388 e. The molecule has 0 radical (unpaired) electrons. The molecule has 19 heavy (non-hydrogen) atoms. The van der Waals surface area contributed by atoms with E-state index in [2.05, 4.69) is 38.1 Å². The van der Waals surface area contributed by atoms with Crippen molar-refractivity contribution in [2.75, 3.05) is 6.54 Å². The minimum atomic E-state index is -0.665. The van der Waals surface area contributed by atoms with Crippen molar-refractivity contribution in [2.45, 2.75) is 57.0 Å². The molecule has 0 amide bonds. The van der Waals surface area contributed by atoms with E-state index >= 15 is 0 Å². The van der Waals surface area contributed by atoms with E-state index < -0.39 is 5.60 Å². The molecule has 0 spiro atoms. The lowest BCUT2D eigenvalue weighted by Gasteiger charge is -2.50. The van der Waals surface area contributed by atoms with Gasteiger partial charge in [0.2, 0.25) is 0 Å². The lowest BCUT2D eigenvalue weighted by atomic mass is 9.58. The highest BCUT2D eigenvalue weighted by Crippen LogP contribution is 2.59.